The third kappa shape index (κ3) is 4.28. The molecule has 4 aromatic carbocycles. The van der Waals surface area contributed by atoms with Gasteiger partial charge in [0.25, 0.3) is 5.91 Å². The number of phenolic OH excluding ortho intramolecular Hbond substituents is 1. The van der Waals surface area contributed by atoms with Crippen molar-refractivity contribution in [2.75, 3.05) is 6.61 Å². The Bertz CT molecular complexity index is 1150. The van der Waals surface area contributed by atoms with Gasteiger partial charge in [0.2, 0.25) is 0 Å². The van der Waals surface area contributed by atoms with E-state index in [1.54, 1.807) is 6.07 Å². The molecule has 2 N–H and O–H groups in total. The third-order valence-electron chi connectivity index (χ3n) is 5.07. The van der Waals surface area contributed by atoms with Gasteiger partial charge >= 0.3 is 0 Å². The highest BCUT2D eigenvalue weighted by Crippen LogP contribution is 2.35. The second kappa shape index (κ2) is 8.70. The molecule has 4 aromatic rings. The Morgan fingerprint density at radius 2 is 1.60 bits per heavy atom. The molecule has 0 aliphatic heterocycles. The van der Waals surface area contributed by atoms with Crippen LogP contribution in [0, 0.1) is 6.92 Å². The first-order valence-electron chi connectivity index (χ1n) is 9.86. The van der Waals surface area contributed by atoms with Crippen molar-refractivity contribution in [1.29, 1.82) is 0 Å². The number of phenols is 1. The number of fused-ring (bicyclic) bond motifs is 1. The highest BCUT2D eigenvalue weighted by Gasteiger charge is 2.22. The molecule has 0 saturated carbocycles. The van der Waals surface area contributed by atoms with Crippen LogP contribution in [0.25, 0.3) is 10.8 Å². The number of carbonyl (C=O) groups excluding carboxylic acids is 1. The molecule has 4 rings (SSSR count). The number of amides is 1. The van der Waals surface area contributed by atoms with Crippen molar-refractivity contribution in [2.24, 2.45) is 0 Å². The van der Waals surface area contributed by atoms with E-state index >= 15 is 0 Å². The number of ether oxygens (including phenoxy) is 1. The summed E-state index contributed by atoms with van der Waals surface area (Å²) >= 11 is 0. The minimum atomic E-state index is -0.508. The molecule has 0 aliphatic carbocycles. The number of benzene rings is 4. The van der Waals surface area contributed by atoms with Crippen LogP contribution >= 0.6 is 0 Å². The predicted octanol–water partition coefficient (Wildman–Crippen LogP) is 5.14. The zero-order chi connectivity index (χ0) is 20.9. The fraction of sp³-hybridized carbons (Fsp3) is 0.115. The molecule has 0 bridgehead atoms. The summed E-state index contributed by atoms with van der Waals surface area (Å²) in [5.41, 5.74) is 2.68. The normalized spacial score (nSPS) is 11.8. The van der Waals surface area contributed by atoms with E-state index in [-0.39, 0.29) is 18.3 Å². The SMILES string of the molecule is Cc1ccc(OCC(=O)NC(c2ccccc2)c2c(O)ccc3ccccc23)cc1. The predicted molar refractivity (Wildman–Crippen MR) is 119 cm³/mol. The first-order chi connectivity index (χ1) is 14.6. The molecular weight excluding hydrogens is 374 g/mol. The van der Waals surface area contributed by atoms with Crippen LogP contribution in [0.1, 0.15) is 22.7 Å². The first kappa shape index (κ1) is 19.5. The van der Waals surface area contributed by atoms with Gasteiger partial charge in [0.1, 0.15) is 11.5 Å². The number of hydrogen-bond donors (Lipinski definition) is 2. The van der Waals surface area contributed by atoms with Gasteiger partial charge in [-0.15, -0.1) is 0 Å². The van der Waals surface area contributed by atoms with E-state index in [1.807, 2.05) is 91.9 Å². The van der Waals surface area contributed by atoms with Gasteiger partial charge in [-0.05, 0) is 41.5 Å². The minimum absolute atomic E-state index is 0.113. The standard InChI is InChI=1S/C26H23NO3/c1-18-11-14-21(15-12-18)30-17-24(29)27-26(20-8-3-2-4-9-20)25-22-10-6-5-7-19(22)13-16-23(25)28/h2-16,26,28H,17H2,1H3,(H,27,29). The van der Waals surface area contributed by atoms with Gasteiger partial charge in [0, 0.05) is 5.56 Å². The summed E-state index contributed by atoms with van der Waals surface area (Å²) in [6.07, 6.45) is 0. The lowest BCUT2D eigenvalue weighted by Crippen LogP contribution is -2.33. The summed E-state index contributed by atoms with van der Waals surface area (Å²) in [5.74, 6) is 0.513. The number of aryl methyl sites for hydroxylation is 1. The average molecular weight is 397 g/mol. The Balaban J connectivity index is 1.64. The van der Waals surface area contributed by atoms with E-state index in [0.29, 0.717) is 11.3 Å². The average Bonchev–Trinajstić information content (AvgIpc) is 2.78. The van der Waals surface area contributed by atoms with Crippen molar-refractivity contribution in [2.45, 2.75) is 13.0 Å². The van der Waals surface area contributed by atoms with Gasteiger partial charge in [-0.2, -0.15) is 0 Å². The molecule has 0 saturated heterocycles. The van der Waals surface area contributed by atoms with Crippen molar-refractivity contribution in [3.8, 4) is 11.5 Å². The molecule has 1 atom stereocenters. The number of carbonyl (C=O) groups is 1. The number of rotatable bonds is 6. The van der Waals surface area contributed by atoms with E-state index in [0.717, 1.165) is 21.9 Å². The maximum absolute atomic E-state index is 12.8. The molecule has 1 amide bonds. The van der Waals surface area contributed by atoms with Crippen LogP contribution in [0.3, 0.4) is 0 Å². The molecule has 0 fully saturated rings. The van der Waals surface area contributed by atoms with Gasteiger partial charge in [-0.3, -0.25) is 4.79 Å². The topological polar surface area (TPSA) is 58.6 Å². The summed E-state index contributed by atoms with van der Waals surface area (Å²) in [5, 5.41) is 15.6. The summed E-state index contributed by atoms with van der Waals surface area (Å²) < 4.78 is 5.64. The van der Waals surface area contributed by atoms with E-state index in [1.165, 1.54) is 0 Å². The van der Waals surface area contributed by atoms with Gasteiger partial charge < -0.3 is 15.2 Å². The molecule has 0 heterocycles. The van der Waals surface area contributed by atoms with Gasteiger partial charge in [0.05, 0.1) is 6.04 Å². The Kier molecular flexibility index (Phi) is 5.66. The number of aromatic hydroxyl groups is 1. The van der Waals surface area contributed by atoms with Crippen LogP contribution in [0.5, 0.6) is 11.5 Å². The monoisotopic (exact) mass is 397 g/mol. The fourth-order valence-corrected chi connectivity index (χ4v) is 3.54. The van der Waals surface area contributed by atoms with Crippen molar-refractivity contribution in [3.63, 3.8) is 0 Å². The second-order valence-electron chi connectivity index (χ2n) is 7.23. The Labute approximate surface area is 175 Å². The van der Waals surface area contributed by atoms with Crippen molar-refractivity contribution < 1.29 is 14.6 Å². The molecule has 4 heteroatoms. The molecule has 1 unspecified atom stereocenters. The van der Waals surface area contributed by atoms with Crippen LogP contribution in [0.2, 0.25) is 0 Å². The number of nitrogens with one attached hydrogen (secondary N) is 1. The summed E-state index contributed by atoms with van der Waals surface area (Å²) in [6, 6.07) is 28.0. The molecule has 0 spiro atoms. The molecule has 0 aromatic heterocycles. The summed E-state index contributed by atoms with van der Waals surface area (Å²) in [7, 11) is 0. The second-order valence-corrected chi connectivity index (χ2v) is 7.23. The zero-order valence-corrected chi connectivity index (χ0v) is 16.7. The minimum Gasteiger partial charge on any atom is -0.508 e. The molecular formula is C26H23NO3. The first-order valence-corrected chi connectivity index (χ1v) is 9.86. The lowest BCUT2D eigenvalue weighted by molar-refractivity contribution is -0.123. The van der Waals surface area contributed by atoms with Crippen LogP contribution in [0.15, 0.2) is 91.0 Å². The molecule has 30 heavy (non-hydrogen) atoms. The van der Waals surface area contributed by atoms with Gasteiger partial charge in [-0.25, -0.2) is 0 Å². The highest BCUT2D eigenvalue weighted by atomic mass is 16.5. The Morgan fingerprint density at radius 1 is 0.900 bits per heavy atom. The summed E-state index contributed by atoms with van der Waals surface area (Å²) in [4.78, 5) is 12.8. The molecule has 150 valence electrons. The van der Waals surface area contributed by atoms with Crippen LogP contribution in [-0.4, -0.2) is 17.6 Å². The zero-order valence-electron chi connectivity index (χ0n) is 16.7. The van der Waals surface area contributed by atoms with Crippen LogP contribution in [-0.2, 0) is 4.79 Å². The number of hydrogen-bond acceptors (Lipinski definition) is 3. The van der Waals surface area contributed by atoms with Crippen LogP contribution < -0.4 is 10.1 Å². The summed E-state index contributed by atoms with van der Waals surface area (Å²) in [6.45, 7) is 1.88. The van der Waals surface area contributed by atoms with Crippen molar-refractivity contribution in [3.05, 3.63) is 108 Å². The van der Waals surface area contributed by atoms with Gasteiger partial charge in [0.15, 0.2) is 6.61 Å². The largest absolute Gasteiger partial charge is 0.508 e. The van der Waals surface area contributed by atoms with Crippen LogP contribution in [0.4, 0.5) is 0 Å². The third-order valence-corrected chi connectivity index (χ3v) is 5.07. The molecule has 0 radical (unpaired) electrons. The molecule has 4 nitrogen and oxygen atoms in total. The highest BCUT2D eigenvalue weighted by molar-refractivity contribution is 5.89. The Hall–Kier alpha value is -3.79. The lowest BCUT2D eigenvalue weighted by Gasteiger charge is -2.22. The van der Waals surface area contributed by atoms with E-state index in [4.69, 9.17) is 4.74 Å². The van der Waals surface area contributed by atoms with E-state index in [9.17, 15) is 9.90 Å². The van der Waals surface area contributed by atoms with Gasteiger partial charge in [-0.1, -0.05) is 78.4 Å². The quantitative estimate of drug-likeness (QED) is 0.474. The maximum atomic E-state index is 12.8. The van der Waals surface area contributed by atoms with E-state index < -0.39 is 6.04 Å². The van der Waals surface area contributed by atoms with Crippen molar-refractivity contribution in [1.82, 2.24) is 5.32 Å². The lowest BCUT2D eigenvalue weighted by atomic mass is 9.92. The molecule has 0 aliphatic rings. The van der Waals surface area contributed by atoms with Crippen molar-refractivity contribution >= 4 is 16.7 Å². The smallest absolute Gasteiger partial charge is 0.258 e. The fourth-order valence-electron chi connectivity index (χ4n) is 3.54. The maximum Gasteiger partial charge on any atom is 0.258 e. The Morgan fingerprint density at radius 3 is 2.37 bits per heavy atom. The van der Waals surface area contributed by atoms with E-state index in [2.05, 4.69) is 5.32 Å².